The number of carbonyl (C=O) groups is 2. The number of nitrogens with one attached hydrogen (secondary N) is 1. The van der Waals surface area contributed by atoms with Crippen LogP contribution in [0.3, 0.4) is 0 Å². The fourth-order valence-electron chi connectivity index (χ4n) is 3.78. The molecule has 1 aromatic carbocycles. The number of fused-ring (bicyclic) bond motifs is 2. The number of amides is 1. The molecule has 1 aromatic heterocycles. The summed E-state index contributed by atoms with van der Waals surface area (Å²) >= 11 is 6.32. The second-order valence-corrected chi connectivity index (χ2v) is 8.97. The highest BCUT2D eigenvalue weighted by molar-refractivity contribution is 6.33. The van der Waals surface area contributed by atoms with E-state index in [4.69, 9.17) is 25.9 Å². The minimum atomic E-state index is -0.800. The quantitative estimate of drug-likeness (QED) is 0.305. The fraction of sp³-hybridized carbons (Fsp3) is 0.308. The van der Waals surface area contributed by atoms with Gasteiger partial charge in [0.1, 0.15) is 29.3 Å². The summed E-state index contributed by atoms with van der Waals surface area (Å²) in [5.41, 5.74) is 1.01. The number of epoxide rings is 1. The number of rotatable bonds is 5. The second-order valence-electron chi connectivity index (χ2n) is 8.59. The number of ether oxygens (including phenoxy) is 2. The van der Waals surface area contributed by atoms with Gasteiger partial charge in [0.15, 0.2) is 6.61 Å². The highest BCUT2D eigenvalue weighted by atomic mass is 35.5. The average Bonchev–Trinajstić information content (AvgIpc) is 3.60. The van der Waals surface area contributed by atoms with Gasteiger partial charge in [-0.15, -0.1) is 0 Å². The smallest absolute Gasteiger partial charge is 0.342 e. The lowest BCUT2D eigenvalue weighted by atomic mass is 9.99. The topological polar surface area (TPSA) is 143 Å². The van der Waals surface area contributed by atoms with Crippen molar-refractivity contribution in [3.8, 4) is 11.5 Å². The van der Waals surface area contributed by atoms with Crippen LogP contribution in [0.15, 0.2) is 60.1 Å². The van der Waals surface area contributed by atoms with Gasteiger partial charge >= 0.3 is 5.97 Å². The van der Waals surface area contributed by atoms with Crippen LogP contribution in [-0.4, -0.2) is 57.7 Å². The Kier molecular flexibility index (Phi) is 8.42. The van der Waals surface area contributed by atoms with E-state index in [-0.39, 0.29) is 53.6 Å². The molecular weight excluding hydrogens is 502 g/mol. The molecule has 1 fully saturated rings. The maximum Gasteiger partial charge on any atom is 0.342 e. The summed E-state index contributed by atoms with van der Waals surface area (Å²) in [6.07, 6.45) is 9.93. The minimum absolute atomic E-state index is 0.0893. The van der Waals surface area contributed by atoms with Crippen molar-refractivity contribution in [1.29, 1.82) is 0 Å². The third kappa shape index (κ3) is 7.08. The Morgan fingerprint density at radius 1 is 1.32 bits per heavy atom. The molecule has 3 heterocycles. The summed E-state index contributed by atoms with van der Waals surface area (Å²) in [4.78, 5) is 34.4. The predicted octanol–water partition coefficient (Wildman–Crippen LogP) is 3.21. The van der Waals surface area contributed by atoms with Gasteiger partial charge in [-0.05, 0) is 30.2 Å². The zero-order valence-electron chi connectivity index (χ0n) is 20.0. The first-order valence-corrected chi connectivity index (χ1v) is 12.0. The third-order valence-corrected chi connectivity index (χ3v) is 6.09. The first kappa shape index (κ1) is 26.2. The Hall–Kier alpha value is -3.89. The van der Waals surface area contributed by atoms with E-state index in [9.17, 15) is 19.8 Å². The summed E-state index contributed by atoms with van der Waals surface area (Å²) in [5.74, 6) is -2.10. The molecule has 1 saturated heterocycles. The lowest BCUT2D eigenvalue weighted by molar-refractivity contribution is -0.125. The van der Waals surface area contributed by atoms with Crippen molar-refractivity contribution in [3.63, 3.8) is 0 Å². The zero-order valence-corrected chi connectivity index (χ0v) is 20.7. The number of pyridine rings is 1. The average molecular weight is 528 g/mol. The van der Waals surface area contributed by atoms with Gasteiger partial charge in [-0.1, -0.05) is 41.1 Å². The number of esters is 1. The lowest BCUT2D eigenvalue weighted by Gasteiger charge is -2.17. The van der Waals surface area contributed by atoms with Crippen molar-refractivity contribution in [3.05, 3.63) is 76.6 Å². The molecule has 11 heteroatoms. The standard InChI is InChI=1S/C26H26ClN3O7/c1-15-9-22-21(37-22)7-3-2-6-17(30-35-14-23(33)29-13-16-5-4-8-28-12-16)10-18-24(26(34)36-15)19(31)11-20(32)25(18)27/h2-8,11-12,15,21-22,31-32H,9-10,13-14H2,1H3,(H,29,33)/b6-2+,7-3-,30-17+/t15-,21-,22-/m1/s1. The van der Waals surface area contributed by atoms with E-state index >= 15 is 0 Å². The number of hydrogen-bond donors (Lipinski definition) is 3. The van der Waals surface area contributed by atoms with Crippen LogP contribution in [0.5, 0.6) is 11.5 Å². The molecule has 1 amide bonds. The second kappa shape index (κ2) is 11.9. The lowest BCUT2D eigenvalue weighted by Crippen LogP contribution is -2.26. The molecule has 10 nitrogen and oxygen atoms in total. The molecule has 0 saturated carbocycles. The first-order chi connectivity index (χ1) is 17.8. The molecule has 37 heavy (non-hydrogen) atoms. The van der Waals surface area contributed by atoms with Gasteiger partial charge in [-0.25, -0.2) is 4.79 Å². The van der Waals surface area contributed by atoms with E-state index in [0.29, 0.717) is 6.42 Å². The molecule has 3 N–H and O–H groups in total. The Bertz CT molecular complexity index is 1250. The number of allylic oxidation sites excluding steroid dienone is 3. The van der Waals surface area contributed by atoms with Crippen LogP contribution in [0.1, 0.15) is 34.8 Å². The van der Waals surface area contributed by atoms with Crippen molar-refractivity contribution in [1.82, 2.24) is 10.3 Å². The number of oxime groups is 1. The van der Waals surface area contributed by atoms with Crippen molar-refractivity contribution in [2.24, 2.45) is 5.16 Å². The highest BCUT2D eigenvalue weighted by Gasteiger charge is 2.38. The number of nitrogens with zero attached hydrogens (tertiary/aromatic N) is 2. The molecule has 2 aliphatic heterocycles. The Labute approximate surface area is 218 Å². The Morgan fingerprint density at radius 3 is 2.95 bits per heavy atom. The summed E-state index contributed by atoms with van der Waals surface area (Å²) in [6.45, 7) is 1.64. The molecule has 2 aromatic rings. The van der Waals surface area contributed by atoms with Crippen molar-refractivity contribution >= 4 is 29.2 Å². The predicted molar refractivity (Wildman–Crippen MR) is 134 cm³/mol. The summed E-state index contributed by atoms with van der Waals surface area (Å²) in [5, 5.41) is 27.2. The van der Waals surface area contributed by atoms with E-state index < -0.39 is 29.5 Å². The summed E-state index contributed by atoms with van der Waals surface area (Å²) < 4.78 is 11.1. The molecule has 2 aliphatic rings. The molecule has 194 valence electrons. The number of benzene rings is 1. The van der Waals surface area contributed by atoms with Gasteiger partial charge in [-0.3, -0.25) is 9.78 Å². The number of hydrogen-bond acceptors (Lipinski definition) is 9. The van der Waals surface area contributed by atoms with Crippen LogP contribution in [0.2, 0.25) is 5.02 Å². The maximum absolute atomic E-state index is 13.0. The normalized spacial score (nSPS) is 24.1. The molecule has 0 bridgehead atoms. The molecule has 0 aliphatic carbocycles. The highest BCUT2D eigenvalue weighted by Crippen LogP contribution is 2.38. The zero-order chi connectivity index (χ0) is 26.4. The number of phenols is 2. The van der Waals surface area contributed by atoms with E-state index in [2.05, 4.69) is 15.5 Å². The summed E-state index contributed by atoms with van der Waals surface area (Å²) in [6, 6.07) is 4.58. The Balaban J connectivity index is 1.55. The van der Waals surface area contributed by atoms with E-state index in [1.807, 2.05) is 12.1 Å². The van der Waals surface area contributed by atoms with Crippen LogP contribution >= 0.6 is 11.6 Å². The first-order valence-electron chi connectivity index (χ1n) is 11.6. The Morgan fingerprint density at radius 2 is 2.16 bits per heavy atom. The van der Waals surface area contributed by atoms with Crippen LogP contribution in [-0.2, 0) is 32.1 Å². The van der Waals surface area contributed by atoms with Crippen molar-refractivity contribution in [2.45, 2.75) is 44.6 Å². The molecule has 3 atom stereocenters. The van der Waals surface area contributed by atoms with E-state index in [1.54, 1.807) is 43.6 Å². The summed E-state index contributed by atoms with van der Waals surface area (Å²) in [7, 11) is 0. The third-order valence-electron chi connectivity index (χ3n) is 5.67. The SMILES string of the molecule is C[C@@H]1C[C@H]2O[C@@H]2\C=C/C=C/C(=N\OCC(=O)NCc2cccnc2)Cc2c(Cl)c(O)cc(O)c2C(=O)O1. The van der Waals surface area contributed by atoms with Crippen LogP contribution in [0.25, 0.3) is 0 Å². The van der Waals surface area contributed by atoms with Gasteiger partial charge < -0.3 is 29.8 Å². The minimum Gasteiger partial charge on any atom is -0.507 e. The number of carbonyl (C=O) groups excluding carboxylic acids is 2. The fourth-order valence-corrected chi connectivity index (χ4v) is 4.00. The van der Waals surface area contributed by atoms with Gasteiger partial charge in [0.2, 0.25) is 0 Å². The number of cyclic esters (lactones) is 1. The van der Waals surface area contributed by atoms with Gasteiger partial charge in [0.25, 0.3) is 5.91 Å². The van der Waals surface area contributed by atoms with Crippen molar-refractivity contribution < 1.29 is 34.1 Å². The van der Waals surface area contributed by atoms with Crippen LogP contribution in [0.4, 0.5) is 0 Å². The number of aromatic hydroxyl groups is 2. The number of halogens is 1. The molecule has 4 rings (SSSR count). The van der Waals surface area contributed by atoms with Gasteiger partial charge in [0, 0.05) is 37.8 Å². The molecular formula is C26H26ClN3O7. The van der Waals surface area contributed by atoms with Crippen molar-refractivity contribution in [2.75, 3.05) is 6.61 Å². The van der Waals surface area contributed by atoms with E-state index in [1.165, 1.54) is 0 Å². The number of aromatic nitrogens is 1. The molecule has 0 unspecified atom stereocenters. The number of phenolic OH excluding ortho intramolecular Hbond substituents is 2. The van der Waals surface area contributed by atoms with E-state index in [0.717, 1.165) is 11.6 Å². The van der Waals surface area contributed by atoms with Gasteiger partial charge in [0.05, 0.1) is 16.8 Å². The molecule has 0 spiro atoms. The largest absolute Gasteiger partial charge is 0.507 e. The molecule has 0 radical (unpaired) electrons. The van der Waals surface area contributed by atoms with Crippen LogP contribution < -0.4 is 5.32 Å². The van der Waals surface area contributed by atoms with Crippen LogP contribution in [0, 0.1) is 0 Å². The van der Waals surface area contributed by atoms with Gasteiger partial charge in [-0.2, -0.15) is 0 Å². The maximum atomic E-state index is 13.0. The monoisotopic (exact) mass is 527 g/mol.